The Kier molecular flexibility index (Phi) is 7.17. The second-order valence-corrected chi connectivity index (χ2v) is 4.21. The summed E-state index contributed by atoms with van der Waals surface area (Å²) in [5.74, 6) is -1.19. The molecule has 3 N–H and O–H groups in total. The van der Waals surface area contributed by atoms with Gasteiger partial charge in [0.15, 0.2) is 0 Å². The molecule has 21 heavy (non-hydrogen) atoms. The number of amides is 3. The highest BCUT2D eigenvalue weighted by molar-refractivity contribution is 5.96. The Balaban J connectivity index is 2.51. The number of carbonyl (C=O) groups is 2. The van der Waals surface area contributed by atoms with E-state index in [-0.39, 0.29) is 5.56 Å². The molecule has 0 aliphatic heterocycles. The van der Waals surface area contributed by atoms with Crippen molar-refractivity contribution in [3.05, 3.63) is 29.6 Å². The van der Waals surface area contributed by atoms with Gasteiger partial charge in [0.05, 0.1) is 5.56 Å². The molecule has 0 radical (unpaired) electrons. The number of benzene rings is 1. The van der Waals surface area contributed by atoms with Gasteiger partial charge in [-0.1, -0.05) is 0 Å². The Labute approximate surface area is 123 Å². The molecule has 0 unspecified atom stereocenters. The van der Waals surface area contributed by atoms with Crippen molar-refractivity contribution in [2.24, 2.45) is 0 Å². The van der Waals surface area contributed by atoms with Crippen molar-refractivity contribution in [1.82, 2.24) is 10.6 Å². The lowest BCUT2D eigenvalue weighted by Crippen LogP contribution is -2.30. The molecule has 0 saturated carbocycles. The molecule has 1 aromatic rings. The van der Waals surface area contributed by atoms with Gasteiger partial charge in [-0.15, -0.1) is 0 Å². The summed E-state index contributed by atoms with van der Waals surface area (Å²) < 4.78 is 18.6. The molecule has 0 bridgehead atoms. The van der Waals surface area contributed by atoms with E-state index in [0.29, 0.717) is 31.9 Å². The van der Waals surface area contributed by atoms with Crippen molar-refractivity contribution in [2.45, 2.75) is 13.3 Å². The fourth-order valence-corrected chi connectivity index (χ4v) is 1.61. The standard InChI is InChI=1S/C14H20FN3O3/c1-3-21-8-4-7-17-14(20)18-10-5-6-12(15)11(9-10)13(19)16-2/h5-6,9H,3-4,7-8H2,1-2H3,(H,16,19)(H2,17,18,20). The largest absolute Gasteiger partial charge is 0.382 e. The van der Waals surface area contributed by atoms with Gasteiger partial charge in [0.1, 0.15) is 5.82 Å². The molecule has 7 heteroatoms. The van der Waals surface area contributed by atoms with E-state index >= 15 is 0 Å². The number of urea groups is 1. The highest BCUT2D eigenvalue weighted by Crippen LogP contribution is 2.14. The third-order valence-electron chi connectivity index (χ3n) is 2.65. The molecule has 0 atom stereocenters. The smallest absolute Gasteiger partial charge is 0.319 e. The number of anilines is 1. The van der Waals surface area contributed by atoms with E-state index in [1.807, 2.05) is 6.92 Å². The average molecular weight is 297 g/mol. The predicted octanol–water partition coefficient (Wildman–Crippen LogP) is 1.73. The Bertz CT molecular complexity index is 494. The van der Waals surface area contributed by atoms with Crippen LogP contribution in [0.4, 0.5) is 14.9 Å². The zero-order chi connectivity index (χ0) is 15.7. The SMILES string of the molecule is CCOCCCNC(=O)Nc1ccc(F)c(C(=O)NC)c1. The zero-order valence-corrected chi connectivity index (χ0v) is 12.2. The first-order chi connectivity index (χ1) is 10.1. The van der Waals surface area contributed by atoms with Crippen LogP contribution in [0, 0.1) is 5.82 Å². The Morgan fingerprint density at radius 1 is 1.33 bits per heavy atom. The second kappa shape index (κ2) is 8.91. The number of hydrogen-bond donors (Lipinski definition) is 3. The van der Waals surface area contributed by atoms with Gasteiger partial charge in [-0.05, 0) is 31.5 Å². The Morgan fingerprint density at radius 2 is 2.10 bits per heavy atom. The van der Waals surface area contributed by atoms with Crippen LogP contribution < -0.4 is 16.0 Å². The molecule has 6 nitrogen and oxygen atoms in total. The lowest BCUT2D eigenvalue weighted by molar-refractivity contribution is 0.0959. The fourth-order valence-electron chi connectivity index (χ4n) is 1.61. The zero-order valence-electron chi connectivity index (χ0n) is 12.2. The van der Waals surface area contributed by atoms with E-state index in [0.717, 1.165) is 6.07 Å². The molecular formula is C14H20FN3O3. The third kappa shape index (κ3) is 5.78. The summed E-state index contributed by atoms with van der Waals surface area (Å²) >= 11 is 0. The summed E-state index contributed by atoms with van der Waals surface area (Å²) in [6, 6.07) is 3.39. The van der Waals surface area contributed by atoms with Crippen LogP contribution in [0.1, 0.15) is 23.7 Å². The van der Waals surface area contributed by atoms with Crippen molar-refractivity contribution in [1.29, 1.82) is 0 Å². The Morgan fingerprint density at radius 3 is 2.76 bits per heavy atom. The highest BCUT2D eigenvalue weighted by Gasteiger charge is 2.11. The number of nitrogens with one attached hydrogen (secondary N) is 3. The molecule has 0 saturated heterocycles. The molecule has 116 valence electrons. The van der Waals surface area contributed by atoms with E-state index in [1.165, 1.54) is 19.2 Å². The maximum absolute atomic E-state index is 13.5. The van der Waals surface area contributed by atoms with Crippen LogP contribution in [0.25, 0.3) is 0 Å². The Hall–Kier alpha value is -2.15. The van der Waals surface area contributed by atoms with E-state index in [9.17, 15) is 14.0 Å². The number of carbonyl (C=O) groups excluding carboxylic acids is 2. The first-order valence-electron chi connectivity index (χ1n) is 6.72. The predicted molar refractivity (Wildman–Crippen MR) is 77.9 cm³/mol. The van der Waals surface area contributed by atoms with E-state index < -0.39 is 17.8 Å². The van der Waals surface area contributed by atoms with E-state index in [2.05, 4.69) is 16.0 Å². The molecule has 3 amide bonds. The fraction of sp³-hybridized carbons (Fsp3) is 0.429. The summed E-state index contributed by atoms with van der Waals surface area (Å²) in [5.41, 5.74) is 0.226. The summed E-state index contributed by atoms with van der Waals surface area (Å²) in [7, 11) is 1.41. The van der Waals surface area contributed by atoms with E-state index in [4.69, 9.17) is 4.74 Å². The average Bonchev–Trinajstić information content (AvgIpc) is 2.48. The van der Waals surface area contributed by atoms with Gasteiger partial charge in [-0.3, -0.25) is 4.79 Å². The first kappa shape index (κ1) is 16.9. The maximum atomic E-state index is 13.5. The second-order valence-electron chi connectivity index (χ2n) is 4.21. The molecule has 0 heterocycles. The molecule has 0 spiro atoms. The molecule has 0 aliphatic carbocycles. The van der Waals surface area contributed by atoms with Gasteiger partial charge in [0.25, 0.3) is 5.91 Å². The monoisotopic (exact) mass is 297 g/mol. The van der Waals surface area contributed by atoms with Gasteiger partial charge in [0.2, 0.25) is 0 Å². The lowest BCUT2D eigenvalue weighted by atomic mass is 10.1. The number of rotatable bonds is 7. The van der Waals surface area contributed by atoms with Crippen molar-refractivity contribution in [3.8, 4) is 0 Å². The van der Waals surface area contributed by atoms with Gasteiger partial charge in [-0.25, -0.2) is 9.18 Å². The minimum absolute atomic E-state index is 0.119. The normalized spacial score (nSPS) is 10.0. The molecule has 1 rings (SSSR count). The maximum Gasteiger partial charge on any atom is 0.319 e. The van der Waals surface area contributed by atoms with Crippen LogP contribution in [-0.4, -0.2) is 38.7 Å². The van der Waals surface area contributed by atoms with Gasteiger partial charge in [-0.2, -0.15) is 0 Å². The number of halogens is 1. The molecular weight excluding hydrogens is 277 g/mol. The van der Waals surface area contributed by atoms with Gasteiger partial charge >= 0.3 is 6.03 Å². The molecule has 0 aliphatic rings. The topological polar surface area (TPSA) is 79.5 Å². The summed E-state index contributed by atoms with van der Waals surface area (Å²) in [6.45, 7) is 3.59. The van der Waals surface area contributed by atoms with Gasteiger partial charge < -0.3 is 20.7 Å². The number of hydrogen-bond acceptors (Lipinski definition) is 3. The molecule has 0 aromatic heterocycles. The third-order valence-corrected chi connectivity index (χ3v) is 2.65. The van der Waals surface area contributed by atoms with Crippen LogP contribution in [0.15, 0.2) is 18.2 Å². The molecule has 0 fully saturated rings. The minimum Gasteiger partial charge on any atom is -0.382 e. The van der Waals surface area contributed by atoms with Crippen molar-refractivity contribution >= 4 is 17.6 Å². The summed E-state index contributed by atoms with van der Waals surface area (Å²) in [5, 5.41) is 7.52. The summed E-state index contributed by atoms with van der Waals surface area (Å²) in [6.07, 6.45) is 0.703. The van der Waals surface area contributed by atoms with Crippen LogP contribution in [0.5, 0.6) is 0 Å². The van der Waals surface area contributed by atoms with Crippen molar-refractivity contribution < 1.29 is 18.7 Å². The minimum atomic E-state index is -0.642. The molecule has 1 aromatic carbocycles. The van der Waals surface area contributed by atoms with Crippen molar-refractivity contribution in [3.63, 3.8) is 0 Å². The van der Waals surface area contributed by atoms with Gasteiger partial charge in [0, 0.05) is 32.5 Å². The van der Waals surface area contributed by atoms with E-state index in [1.54, 1.807) is 0 Å². The van der Waals surface area contributed by atoms with Crippen molar-refractivity contribution in [2.75, 3.05) is 32.1 Å². The van der Waals surface area contributed by atoms with Crippen LogP contribution in [-0.2, 0) is 4.74 Å². The lowest BCUT2D eigenvalue weighted by Gasteiger charge is -2.09. The van der Waals surface area contributed by atoms with Crippen LogP contribution in [0.3, 0.4) is 0 Å². The summed E-state index contributed by atoms with van der Waals surface area (Å²) in [4.78, 5) is 23.1. The quantitative estimate of drug-likeness (QED) is 0.671. The first-order valence-corrected chi connectivity index (χ1v) is 6.72. The van der Waals surface area contributed by atoms with Crippen LogP contribution in [0.2, 0.25) is 0 Å². The number of ether oxygens (including phenoxy) is 1. The van der Waals surface area contributed by atoms with Crippen LogP contribution >= 0.6 is 0 Å². The highest BCUT2D eigenvalue weighted by atomic mass is 19.1.